The van der Waals surface area contributed by atoms with Crippen LogP contribution in [0.4, 0.5) is 13.2 Å². The standard InChI is InChI=1S/C14H20F3N3OS/c1-18-13(19-7-8-22-2)20-9-11-5-3-4-6-12(11)21-10-14(15,16)17/h3-6H,7-10H2,1-2H3,(H2,18,19,20). The maximum absolute atomic E-state index is 12.2. The van der Waals surface area contributed by atoms with Gasteiger partial charge in [-0.25, -0.2) is 0 Å². The number of guanidine groups is 1. The van der Waals surface area contributed by atoms with E-state index < -0.39 is 12.8 Å². The number of hydrogen-bond donors (Lipinski definition) is 2. The van der Waals surface area contributed by atoms with Gasteiger partial charge in [-0.3, -0.25) is 4.99 Å². The highest BCUT2D eigenvalue weighted by Crippen LogP contribution is 2.21. The minimum atomic E-state index is -4.35. The molecule has 0 amide bonds. The smallest absolute Gasteiger partial charge is 0.422 e. The molecule has 1 aromatic rings. The lowest BCUT2D eigenvalue weighted by Gasteiger charge is -2.15. The van der Waals surface area contributed by atoms with E-state index >= 15 is 0 Å². The number of ether oxygens (including phenoxy) is 1. The van der Waals surface area contributed by atoms with E-state index in [9.17, 15) is 13.2 Å². The molecule has 0 fully saturated rings. The normalized spacial score (nSPS) is 12.1. The summed E-state index contributed by atoms with van der Waals surface area (Å²) in [7, 11) is 1.64. The van der Waals surface area contributed by atoms with Crippen molar-refractivity contribution >= 4 is 17.7 Å². The molecular weight excluding hydrogens is 315 g/mol. The van der Waals surface area contributed by atoms with Crippen molar-refractivity contribution in [1.29, 1.82) is 0 Å². The van der Waals surface area contributed by atoms with Crippen molar-refractivity contribution in [2.24, 2.45) is 4.99 Å². The first-order valence-electron chi connectivity index (χ1n) is 6.67. The Hall–Kier alpha value is -1.57. The van der Waals surface area contributed by atoms with Crippen molar-refractivity contribution in [3.8, 4) is 5.75 Å². The molecule has 8 heteroatoms. The van der Waals surface area contributed by atoms with E-state index in [-0.39, 0.29) is 5.75 Å². The van der Waals surface area contributed by atoms with Crippen molar-refractivity contribution in [3.05, 3.63) is 29.8 Å². The minimum Gasteiger partial charge on any atom is -0.484 e. The topological polar surface area (TPSA) is 45.7 Å². The molecule has 2 N–H and O–H groups in total. The Balaban J connectivity index is 2.57. The SMILES string of the molecule is CN=C(NCCSC)NCc1ccccc1OCC(F)(F)F. The molecular formula is C14H20F3N3OS. The summed E-state index contributed by atoms with van der Waals surface area (Å²) in [6.45, 7) is -0.218. The number of para-hydroxylation sites is 1. The first-order valence-corrected chi connectivity index (χ1v) is 8.06. The molecule has 0 saturated carbocycles. The molecule has 124 valence electrons. The van der Waals surface area contributed by atoms with E-state index in [1.807, 2.05) is 6.26 Å². The number of rotatable bonds is 7. The van der Waals surface area contributed by atoms with Gasteiger partial charge in [0.25, 0.3) is 0 Å². The summed E-state index contributed by atoms with van der Waals surface area (Å²) in [5.74, 6) is 1.75. The number of benzene rings is 1. The highest BCUT2D eigenvalue weighted by atomic mass is 32.2. The van der Waals surface area contributed by atoms with Gasteiger partial charge in [-0.05, 0) is 12.3 Å². The molecule has 0 aliphatic rings. The monoisotopic (exact) mass is 335 g/mol. The molecule has 0 aliphatic heterocycles. The Labute approximate surface area is 132 Å². The zero-order chi connectivity index (χ0) is 16.4. The lowest BCUT2D eigenvalue weighted by Crippen LogP contribution is -2.38. The van der Waals surface area contributed by atoms with Gasteiger partial charge in [0.1, 0.15) is 5.75 Å². The van der Waals surface area contributed by atoms with Gasteiger partial charge in [-0.2, -0.15) is 24.9 Å². The summed E-state index contributed by atoms with van der Waals surface area (Å²) in [6.07, 6.45) is -2.35. The molecule has 0 aliphatic carbocycles. The molecule has 0 unspecified atom stereocenters. The van der Waals surface area contributed by atoms with Crippen LogP contribution in [0.25, 0.3) is 0 Å². The van der Waals surface area contributed by atoms with Crippen LogP contribution in [0.5, 0.6) is 5.75 Å². The van der Waals surface area contributed by atoms with Gasteiger partial charge in [0.15, 0.2) is 12.6 Å². The second-order valence-electron chi connectivity index (χ2n) is 4.36. The molecule has 22 heavy (non-hydrogen) atoms. The Bertz CT molecular complexity index is 481. The number of hydrogen-bond acceptors (Lipinski definition) is 3. The van der Waals surface area contributed by atoms with Crippen LogP contribution >= 0.6 is 11.8 Å². The van der Waals surface area contributed by atoms with Crippen LogP contribution in [-0.2, 0) is 6.54 Å². The number of thioether (sulfide) groups is 1. The molecule has 0 spiro atoms. The van der Waals surface area contributed by atoms with Crippen molar-refractivity contribution in [2.75, 3.05) is 32.2 Å². The Morgan fingerprint density at radius 1 is 1.27 bits per heavy atom. The van der Waals surface area contributed by atoms with E-state index in [2.05, 4.69) is 15.6 Å². The largest absolute Gasteiger partial charge is 0.484 e. The second-order valence-corrected chi connectivity index (χ2v) is 5.34. The molecule has 0 atom stereocenters. The van der Waals surface area contributed by atoms with Gasteiger partial charge in [-0.15, -0.1) is 0 Å². The molecule has 1 aromatic carbocycles. The molecule has 1 rings (SSSR count). The molecule has 0 radical (unpaired) electrons. The van der Waals surface area contributed by atoms with E-state index in [1.54, 1.807) is 37.0 Å². The van der Waals surface area contributed by atoms with Gasteiger partial charge in [0.2, 0.25) is 0 Å². The summed E-state index contributed by atoms with van der Waals surface area (Å²) in [6, 6.07) is 6.63. The van der Waals surface area contributed by atoms with Crippen molar-refractivity contribution in [3.63, 3.8) is 0 Å². The number of alkyl halides is 3. The average molecular weight is 335 g/mol. The summed E-state index contributed by atoms with van der Waals surface area (Å²) < 4.78 is 41.6. The third-order valence-corrected chi connectivity index (χ3v) is 3.24. The first-order chi connectivity index (χ1) is 10.5. The fourth-order valence-corrected chi connectivity index (χ4v) is 1.93. The zero-order valence-electron chi connectivity index (χ0n) is 12.5. The van der Waals surface area contributed by atoms with E-state index in [1.165, 1.54) is 6.07 Å². The maximum Gasteiger partial charge on any atom is 0.422 e. The quantitative estimate of drug-likeness (QED) is 0.457. The lowest BCUT2D eigenvalue weighted by molar-refractivity contribution is -0.153. The number of nitrogens with one attached hydrogen (secondary N) is 2. The Kier molecular flexibility index (Phi) is 7.94. The van der Waals surface area contributed by atoms with Crippen LogP contribution in [0.3, 0.4) is 0 Å². The molecule has 4 nitrogen and oxygen atoms in total. The Morgan fingerprint density at radius 3 is 2.64 bits per heavy atom. The third-order valence-electron chi connectivity index (χ3n) is 2.63. The first kappa shape index (κ1) is 18.5. The average Bonchev–Trinajstić information content (AvgIpc) is 2.48. The van der Waals surface area contributed by atoms with E-state index in [4.69, 9.17) is 4.74 Å². The molecule has 0 saturated heterocycles. The summed E-state index contributed by atoms with van der Waals surface area (Å²) in [5, 5.41) is 6.16. The predicted octanol–water partition coefficient (Wildman–Crippen LogP) is 2.66. The van der Waals surface area contributed by atoms with Crippen LogP contribution < -0.4 is 15.4 Å². The molecule has 0 aromatic heterocycles. The second kappa shape index (κ2) is 9.45. The van der Waals surface area contributed by atoms with Gasteiger partial charge in [0.05, 0.1) is 0 Å². The fraction of sp³-hybridized carbons (Fsp3) is 0.500. The van der Waals surface area contributed by atoms with Crippen molar-refractivity contribution in [2.45, 2.75) is 12.7 Å². The minimum absolute atomic E-state index is 0.215. The predicted molar refractivity (Wildman–Crippen MR) is 84.6 cm³/mol. The molecule has 0 heterocycles. The maximum atomic E-state index is 12.2. The highest BCUT2D eigenvalue weighted by Gasteiger charge is 2.28. The number of halogens is 3. The Morgan fingerprint density at radius 2 is 2.00 bits per heavy atom. The van der Waals surface area contributed by atoms with Crippen LogP contribution in [0.2, 0.25) is 0 Å². The van der Waals surface area contributed by atoms with Gasteiger partial charge < -0.3 is 15.4 Å². The van der Waals surface area contributed by atoms with Gasteiger partial charge in [-0.1, -0.05) is 18.2 Å². The van der Waals surface area contributed by atoms with Crippen molar-refractivity contribution < 1.29 is 17.9 Å². The highest BCUT2D eigenvalue weighted by molar-refractivity contribution is 7.98. The number of nitrogens with zero attached hydrogens (tertiary/aromatic N) is 1. The van der Waals surface area contributed by atoms with Crippen LogP contribution in [-0.4, -0.2) is 44.3 Å². The van der Waals surface area contributed by atoms with Crippen LogP contribution in [0, 0.1) is 0 Å². The van der Waals surface area contributed by atoms with Gasteiger partial charge >= 0.3 is 6.18 Å². The zero-order valence-corrected chi connectivity index (χ0v) is 13.4. The van der Waals surface area contributed by atoms with E-state index in [0.29, 0.717) is 18.1 Å². The van der Waals surface area contributed by atoms with Gasteiger partial charge in [0, 0.05) is 31.5 Å². The summed E-state index contributed by atoms with van der Waals surface area (Å²) >= 11 is 1.71. The third kappa shape index (κ3) is 7.44. The lowest BCUT2D eigenvalue weighted by atomic mass is 10.2. The van der Waals surface area contributed by atoms with Crippen LogP contribution in [0.15, 0.2) is 29.3 Å². The molecule has 0 bridgehead atoms. The van der Waals surface area contributed by atoms with E-state index in [0.717, 1.165) is 12.3 Å². The van der Waals surface area contributed by atoms with Crippen molar-refractivity contribution in [1.82, 2.24) is 10.6 Å². The summed E-state index contributed by atoms with van der Waals surface area (Å²) in [5.41, 5.74) is 0.638. The van der Waals surface area contributed by atoms with Crippen LogP contribution in [0.1, 0.15) is 5.56 Å². The summed E-state index contributed by atoms with van der Waals surface area (Å²) in [4.78, 5) is 4.05. The number of aliphatic imine (C=N–C) groups is 1. The fourth-order valence-electron chi connectivity index (χ4n) is 1.62.